The molecule has 0 radical (unpaired) electrons. The van der Waals surface area contributed by atoms with E-state index in [2.05, 4.69) is 4.40 Å². The molecule has 0 saturated carbocycles. The van der Waals surface area contributed by atoms with Crippen LogP contribution in [-0.4, -0.2) is 21.4 Å². The van der Waals surface area contributed by atoms with E-state index in [-0.39, 0.29) is 18.2 Å². The Kier molecular flexibility index (Phi) is 3.96. The molecule has 2 aromatic rings. The number of amidine groups is 1. The second kappa shape index (κ2) is 5.92. The first-order valence-electron chi connectivity index (χ1n) is 6.95. The normalized spacial score (nSPS) is 15.4. The Morgan fingerprint density at radius 3 is 2.65 bits per heavy atom. The number of hydrogen-bond donors (Lipinski definition) is 1. The predicted octanol–water partition coefficient (Wildman–Crippen LogP) is 1.82. The van der Waals surface area contributed by atoms with Crippen molar-refractivity contribution in [2.75, 3.05) is 7.11 Å². The molecule has 0 spiro atoms. The Bertz CT molecular complexity index is 875. The van der Waals surface area contributed by atoms with Gasteiger partial charge in [0, 0.05) is 5.56 Å². The molecule has 1 heterocycles. The summed E-state index contributed by atoms with van der Waals surface area (Å²) in [4.78, 5) is 0. The van der Waals surface area contributed by atoms with E-state index in [1.54, 1.807) is 25.3 Å². The van der Waals surface area contributed by atoms with Gasteiger partial charge < -0.3 is 15.2 Å². The first-order valence-corrected chi connectivity index (χ1v) is 8.56. The smallest absolute Gasteiger partial charge is 0.259 e. The van der Waals surface area contributed by atoms with Crippen molar-refractivity contribution < 1.29 is 17.9 Å². The van der Waals surface area contributed by atoms with Gasteiger partial charge in [-0.1, -0.05) is 30.3 Å². The van der Waals surface area contributed by atoms with Crippen molar-refractivity contribution in [1.82, 2.24) is 0 Å². The van der Waals surface area contributed by atoms with Gasteiger partial charge in [0.2, 0.25) is 0 Å². The van der Waals surface area contributed by atoms with Gasteiger partial charge in [-0.15, -0.1) is 4.40 Å². The summed E-state index contributed by atoms with van der Waals surface area (Å²) in [5.41, 5.74) is 7.83. The third-order valence-corrected chi connectivity index (χ3v) is 4.67. The third-order valence-electron chi connectivity index (χ3n) is 3.52. The van der Waals surface area contributed by atoms with Gasteiger partial charge in [-0.3, -0.25) is 0 Å². The molecule has 0 saturated heterocycles. The predicted molar refractivity (Wildman–Crippen MR) is 87.1 cm³/mol. The number of sulfonamides is 1. The summed E-state index contributed by atoms with van der Waals surface area (Å²) in [6, 6.07) is 12.7. The first-order chi connectivity index (χ1) is 11.0. The molecular weight excluding hydrogens is 316 g/mol. The molecule has 0 atom stereocenters. The van der Waals surface area contributed by atoms with Crippen LogP contribution in [0.3, 0.4) is 0 Å². The second-order valence-corrected chi connectivity index (χ2v) is 6.73. The van der Waals surface area contributed by atoms with Gasteiger partial charge in [-0.2, -0.15) is 0 Å². The maximum absolute atomic E-state index is 11.7. The monoisotopic (exact) mass is 332 g/mol. The standard InChI is InChI=1S/C16H16N2O4S/c1-21-13-7-3-2-5-11(13)9-22-14-8-4-6-12-10-23(19,20)18-16(17)15(12)14/h2-8H,9-10H2,1H3,(H2,17,18). The number of nitrogens with two attached hydrogens (primary N) is 1. The summed E-state index contributed by atoms with van der Waals surface area (Å²) in [6.07, 6.45) is 0. The molecule has 23 heavy (non-hydrogen) atoms. The van der Waals surface area contributed by atoms with E-state index in [0.29, 0.717) is 16.9 Å². The van der Waals surface area contributed by atoms with Crippen LogP contribution < -0.4 is 15.2 Å². The highest BCUT2D eigenvalue weighted by atomic mass is 32.2. The molecule has 0 amide bonds. The van der Waals surface area contributed by atoms with Crippen LogP contribution in [0.4, 0.5) is 0 Å². The summed E-state index contributed by atoms with van der Waals surface area (Å²) in [5.74, 6) is 1.02. The molecule has 6 nitrogen and oxygen atoms in total. The van der Waals surface area contributed by atoms with Gasteiger partial charge in [0.25, 0.3) is 10.0 Å². The van der Waals surface area contributed by atoms with E-state index in [1.165, 1.54) is 0 Å². The van der Waals surface area contributed by atoms with Crippen molar-refractivity contribution in [3.63, 3.8) is 0 Å². The Balaban J connectivity index is 1.91. The van der Waals surface area contributed by atoms with Gasteiger partial charge in [-0.05, 0) is 17.7 Å². The average Bonchev–Trinajstić information content (AvgIpc) is 2.51. The molecule has 0 aliphatic carbocycles. The number of nitrogens with zero attached hydrogens (tertiary/aromatic N) is 1. The summed E-state index contributed by atoms with van der Waals surface area (Å²) in [5, 5.41) is 0. The number of methoxy groups -OCH3 is 1. The Morgan fingerprint density at radius 1 is 1.13 bits per heavy atom. The highest BCUT2D eigenvalue weighted by Crippen LogP contribution is 2.29. The Morgan fingerprint density at radius 2 is 1.87 bits per heavy atom. The molecule has 3 rings (SSSR count). The fourth-order valence-electron chi connectivity index (χ4n) is 2.51. The molecule has 2 aromatic carbocycles. The molecule has 0 fully saturated rings. The molecule has 0 bridgehead atoms. The molecule has 0 aromatic heterocycles. The maximum atomic E-state index is 11.7. The van der Waals surface area contributed by atoms with Crippen molar-refractivity contribution in [3.8, 4) is 11.5 Å². The van der Waals surface area contributed by atoms with E-state index in [0.717, 1.165) is 11.3 Å². The largest absolute Gasteiger partial charge is 0.496 e. The van der Waals surface area contributed by atoms with E-state index in [4.69, 9.17) is 15.2 Å². The van der Waals surface area contributed by atoms with Crippen LogP contribution in [0.15, 0.2) is 46.9 Å². The lowest BCUT2D eigenvalue weighted by Crippen LogP contribution is -2.24. The minimum atomic E-state index is -3.55. The Labute approximate surface area is 134 Å². The SMILES string of the molecule is COc1ccccc1COc1cccc2c1C(N)=NS(=O)(=O)C2. The molecular formula is C16H16N2O4S. The van der Waals surface area contributed by atoms with E-state index < -0.39 is 10.0 Å². The lowest BCUT2D eigenvalue weighted by molar-refractivity contribution is 0.296. The highest BCUT2D eigenvalue weighted by Gasteiger charge is 2.25. The lowest BCUT2D eigenvalue weighted by Gasteiger charge is -2.18. The first kappa shape index (κ1) is 15.4. The zero-order valence-electron chi connectivity index (χ0n) is 12.5. The number of rotatable bonds is 4. The van der Waals surface area contributed by atoms with Crippen molar-refractivity contribution >= 4 is 15.9 Å². The zero-order chi connectivity index (χ0) is 16.4. The van der Waals surface area contributed by atoms with Crippen molar-refractivity contribution in [3.05, 3.63) is 59.2 Å². The van der Waals surface area contributed by atoms with Gasteiger partial charge in [0.15, 0.2) is 0 Å². The summed E-state index contributed by atoms with van der Waals surface area (Å²) >= 11 is 0. The van der Waals surface area contributed by atoms with Crippen LogP contribution >= 0.6 is 0 Å². The highest BCUT2D eigenvalue weighted by molar-refractivity contribution is 7.89. The third kappa shape index (κ3) is 3.14. The Hall–Kier alpha value is -2.54. The fraction of sp³-hybridized carbons (Fsp3) is 0.188. The van der Waals surface area contributed by atoms with Crippen LogP contribution in [0.25, 0.3) is 0 Å². The molecule has 7 heteroatoms. The van der Waals surface area contributed by atoms with Crippen LogP contribution in [0, 0.1) is 0 Å². The van der Waals surface area contributed by atoms with Crippen LogP contribution in [0.5, 0.6) is 11.5 Å². The molecule has 1 aliphatic rings. The van der Waals surface area contributed by atoms with Gasteiger partial charge in [0.05, 0.1) is 18.4 Å². The second-order valence-electron chi connectivity index (χ2n) is 5.09. The van der Waals surface area contributed by atoms with Crippen LogP contribution in [0.1, 0.15) is 16.7 Å². The number of para-hydroxylation sites is 1. The zero-order valence-corrected chi connectivity index (χ0v) is 13.3. The lowest BCUT2D eigenvalue weighted by atomic mass is 10.1. The number of ether oxygens (including phenoxy) is 2. The molecule has 120 valence electrons. The van der Waals surface area contributed by atoms with Crippen molar-refractivity contribution in [2.45, 2.75) is 12.4 Å². The number of benzene rings is 2. The van der Waals surface area contributed by atoms with E-state index in [1.807, 2.05) is 24.3 Å². The van der Waals surface area contributed by atoms with E-state index in [9.17, 15) is 8.42 Å². The topological polar surface area (TPSA) is 91.0 Å². The van der Waals surface area contributed by atoms with Crippen molar-refractivity contribution in [1.29, 1.82) is 0 Å². The minimum absolute atomic E-state index is 0.0399. The average molecular weight is 332 g/mol. The summed E-state index contributed by atoms with van der Waals surface area (Å²) in [6.45, 7) is 0.278. The van der Waals surface area contributed by atoms with E-state index >= 15 is 0 Å². The summed E-state index contributed by atoms with van der Waals surface area (Å²) < 4.78 is 38.0. The van der Waals surface area contributed by atoms with Gasteiger partial charge in [0.1, 0.15) is 23.9 Å². The van der Waals surface area contributed by atoms with Crippen LogP contribution in [0.2, 0.25) is 0 Å². The maximum Gasteiger partial charge on any atom is 0.259 e. The molecule has 2 N–H and O–H groups in total. The minimum Gasteiger partial charge on any atom is -0.496 e. The molecule has 1 aliphatic heterocycles. The molecule has 0 unspecified atom stereocenters. The number of fused-ring (bicyclic) bond motifs is 1. The van der Waals surface area contributed by atoms with Crippen molar-refractivity contribution in [2.24, 2.45) is 10.1 Å². The van der Waals surface area contributed by atoms with Gasteiger partial charge in [-0.25, -0.2) is 8.42 Å². The van der Waals surface area contributed by atoms with Gasteiger partial charge >= 0.3 is 0 Å². The quantitative estimate of drug-likeness (QED) is 0.922. The van der Waals surface area contributed by atoms with Crippen LogP contribution in [-0.2, 0) is 22.4 Å². The fourth-order valence-corrected chi connectivity index (χ4v) is 3.60. The number of hydrogen-bond acceptors (Lipinski definition) is 5. The summed E-state index contributed by atoms with van der Waals surface area (Å²) in [7, 11) is -1.96.